The van der Waals surface area contributed by atoms with E-state index in [1.54, 1.807) is 24.3 Å². The van der Waals surface area contributed by atoms with Crippen LogP contribution in [0, 0.1) is 0 Å². The van der Waals surface area contributed by atoms with Gasteiger partial charge in [-0.1, -0.05) is 23.7 Å². The molecule has 2 aromatic rings. The molecule has 1 atom stereocenters. The fraction of sp³-hybridized carbons (Fsp3) is 0.278. The maximum absolute atomic E-state index is 12.9. The van der Waals surface area contributed by atoms with Crippen LogP contribution in [0.25, 0.3) is 0 Å². The number of ether oxygens (including phenoxy) is 1. The van der Waals surface area contributed by atoms with Crippen LogP contribution >= 0.6 is 11.6 Å². The monoisotopic (exact) mass is 394 g/mol. The number of hydrogen-bond donors (Lipinski definition) is 1. The summed E-state index contributed by atoms with van der Waals surface area (Å²) in [5.74, 6) is -0.209. The fourth-order valence-electron chi connectivity index (χ4n) is 2.79. The highest BCUT2D eigenvalue weighted by molar-refractivity contribution is 7.89. The average Bonchev–Trinajstić information content (AvgIpc) is 2.62. The standard InChI is InChI=1S/C18H19ClN2O4S/c1-13(22)20-16-6-8-17(9-7-16)26(23,24)21-10-11-25-18(12-21)14-2-4-15(19)5-3-14/h2-9,18H,10-12H2,1H3,(H,20,22). The van der Waals surface area contributed by atoms with Crippen molar-refractivity contribution in [2.24, 2.45) is 0 Å². The molecule has 1 heterocycles. The smallest absolute Gasteiger partial charge is 0.243 e. The van der Waals surface area contributed by atoms with Gasteiger partial charge < -0.3 is 10.1 Å². The van der Waals surface area contributed by atoms with Crippen molar-refractivity contribution in [1.29, 1.82) is 0 Å². The minimum atomic E-state index is -3.64. The number of anilines is 1. The van der Waals surface area contributed by atoms with Crippen LogP contribution in [0.5, 0.6) is 0 Å². The molecule has 1 saturated heterocycles. The van der Waals surface area contributed by atoms with E-state index < -0.39 is 10.0 Å². The predicted octanol–water partition coefficient (Wildman–Crippen LogP) is 3.06. The summed E-state index contributed by atoms with van der Waals surface area (Å²) in [5, 5.41) is 3.24. The molecule has 138 valence electrons. The Kier molecular flexibility index (Phi) is 5.62. The molecule has 0 aromatic heterocycles. The number of sulfonamides is 1. The number of carbonyl (C=O) groups excluding carboxylic acids is 1. The molecule has 26 heavy (non-hydrogen) atoms. The van der Waals surface area contributed by atoms with Crippen LogP contribution in [0.15, 0.2) is 53.4 Å². The summed E-state index contributed by atoms with van der Waals surface area (Å²) in [5.41, 5.74) is 1.44. The molecule has 0 aliphatic carbocycles. The molecule has 0 saturated carbocycles. The van der Waals surface area contributed by atoms with Crippen LogP contribution in [-0.2, 0) is 19.6 Å². The van der Waals surface area contributed by atoms with Crippen LogP contribution in [0.3, 0.4) is 0 Å². The SMILES string of the molecule is CC(=O)Nc1ccc(S(=O)(=O)N2CCOC(c3ccc(Cl)cc3)C2)cc1. The normalized spacial score (nSPS) is 18.5. The lowest BCUT2D eigenvalue weighted by atomic mass is 10.1. The molecule has 0 radical (unpaired) electrons. The molecular formula is C18H19ClN2O4S. The summed E-state index contributed by atoms with van der Waals surface area (Å²) < 4.78 is 33.0. The summed E-state index contributed by atoms with van der Waals surface area (Å²) in [7, 11) is -3.64. The van der Waals surface area contributed by atoms with E-state index in [-0.39, 0.29) is 23.5 Å². The van der Waals surface area contributed by atoms with Crippen molar-refractivity contribution in [2.45, 2.75) is 17.9 Å². The molecule has 1 N–H and O–H groups in total. The van der Waals surface area contributed by atoms with Gasteiger partial charge in [-0.2, -0.15) is 4.31 Å². The molecule has 2 aromatic carbocycles. The second kappa shape index (κ2) is 7.75. The van der Waals surface area contributed by atoms with Crippen LogP contribution < -0.4 is 5.32 Å². The molecule has 1 unspecified atom stereocenters. The van der Waals surface area contributed by atoms with E-state index in [0.29, 0.717) is 23.9 Å². The van der Waals surface area contributed by atoms with E-state index in [1.807, 2.05) is 12.1 Å². The van der Waals surface area contributed by atoms with E-state index in [4.69, 9.17) is 16.3 Å². The lowest BCUT2D eigenvalue weighted by molar-refractivity contribution is -0.114. The number of carbonyl (C=O) groups is 1. The predicted molar refractivity (Wildman–Crippen MR) is 99.6 cm³/mol. The third kappa shape index (κ3) is 4.24. The summed E-state index contributed by atoms with van der Waals surface area (Å²) >= 11 is 5.90. The lowest BCUT2D eigenvalue weighted by Gasteiger charge is -2.32. The van der Waals surface area contributed by atoms with Crippen LogP contribution in [-0.4, -0.2) is 38.3 Å². The minimum absolute atomic E-state index is 0.184. The Hall–Kier alpha value is -1.93. The van der Waals surface area contributed by atoms with Gasteiger partial charge >= 0.3 is 0 Å². The zero-order chi connectivity index (χ0) is 18.7. The van der Waals surface area contributed by atoms with Crippen LogP contribution in [0.4, 0.5) is 5.69 Å². The molecule has 0 spiro atoms. The number of nitrogens with one attached hydrogen (secondary N) is 1. The molecule has 8 heteroatoms. The highest BCUT2D eigenvalue weighted by Gasteiger charge is 2.31. The topological polar surface area (TPSA) is 75.7 Å². The molecule has 1 aliphatic heterocycles. The maximum atomic E-state index is 12.9. The van der Waals surface area contributed by atoms with Gasteiger partial charge in [0.15, 0.2) is 0 Å². The van der Waals surface area contributed by atoms with Gasteiger partial charge in [0.25, 0.3) is 0 Å². The minimum Gasteiger partial charge on any atom is -0.371 e. The Bertz CT molecular complexity index is 882. The van der Waals surface area contributed by atoms with Crippen molar-refractivity contribution in [3.05, 3.63) is 59.1 Å². The fourth-order valence-corrected chi connectivity index (χ4v) is 4.34. The van der Waals surface area contributed by atoms with E-state index >= 15 is 0 Å². The Morgan fingerprint density at radius 3 is 2.42 bits per heavy atom. The maximum Gasteiger partial charge on any atom is 0.243 e. The van der Waals surface area contributed by atoms with Gasteiger partial charge in [0.05, 0.1) is 17.6 Å². The van der Waals surface area contributed by atoms with Crippen molar-refractivity contribution in [3.63, 3.8) is 0 Å². The molecular weight excluding hydrogens is 376 g/mol. The van der Waals surface area contributed by atoms with Gasteiger partial charge in [0.2, 0.25) is 15.9 Å². The third-order valence-electron chi connectivity index (χ3n) is 4.08. The number of rotatable bonds is 4. The Morgan fingerprint density at radius 1 is 1.15 bits per heavy atom. The highest BCUT2D eigenvalue weighted by atomic mass is 35.5. The number of morpholine rings is 1. The summed E-state index contributed by atoms with van der Waals surface area (Å²) in [6.45, 7) is 2.24. The second-order valence-electron chi connectivity index (χ2n) is 5.98. The van der Waals surface area contributed by atoms with Gasteiger partial charge in [-0.3, -0.25) is 4.79 Å². The molecule has 1 amide bonds. The molecule has 3 rings (SSSR count). The quantitative estimate of drug-likeness (QED) is 0.864. The highest BCUT2D eigenvalue weighted by Crippen LogP contribution is 2.27. The Balaban J connectivity index is 1.78. The Labute approximate surface area is 157 Å². The van der Waals surface area contributed by atoms with Crippen molar-refractivity contribution < 1.29 is 17.9 Å². The number of nitrogens with zero attached hydrogens (tertiary/aromatic N) is 1. The van der Waals surface area contributed by atoms with Gasteiger partial charge in [0.1, 0.15) is 0 Å². The van der Waals surface area contributed by atoms with Crippen LogP contribution in [0.1, 0.15) is 18.6 Å². The van der Waals surface area contributed by atoms with E-state index in [9.17, 15) is 13.2 Å². The summed E-state index contributed by atoms with van der Waals surface area (Å²) in [4.78, 5) is 11.3. The molecule has 1 aliphatic rings. The van der Waals surface area contributed by atoms with E-state index in [0.717, 1.165) is 5.56 Å². The largest absolute Gasteiger partial charge is 0.371 e. The van der Waals surface area contributed by atoms with Crippen molar-refractivity contribution in [1.82, 2.24) is 4.31 Å². The van der Waals surface area contributed by atoms with Gasteiger partial charge in [-0.25, -0.2) is 8.42 Å². The zero-order valence-corrected chi connectivity index (χ0v) is 15.8. The Morgan fingerprint density at radius 2 is 1.81 bits per heavy atom. The first-order chi connectivity index (χ1) is 12.4. The second-order valence-corrected chi connectivity index (χ2v) is 8.35. The number of halogens is 1. The molecule has 1 fully saturated rings. The number of amides is 1. The van der Waals surface area contributed by atoms with Gasteiger partial charge in [-0.15, -0.1) is 0 Å². The van der Waals surface area contributed by atoms with E-state index in [2.05, 4.69) is 5.32 Å². The third-order valence-corrected chi connectivity index (χ3v) is 6.21. The average molecular weight is 395 g/mol. The summed E-state index contributed by atoms with van der Waals surface area (Å²) in [6, 6.07) is 13.3. The first kappa shape index (κ1) is 18.8. The van der Waals surface area contributed by atoms with E-state index in [1.165, 1.54) is 23.4 Å². The molecule has 0 bridgehead atoms. The number of benzene rings is 2. The molecule has 6 nitrogen and oxygen atoms in total. The van der Waals surface area contributed by atoms with Gasteiger partial charge in [-0.05, 0) is 42.0 Å². The van der Waals surface area contributed by atoms with Gasteiger partial charge in [0, 0.05) is 30.7 Å². The van der Waals surface area contributed by atoms with Crippen molar-refractivity contribution >= 4 is 33.2 Å². The zero-order valence-electron chi connectivity index (χ0n) is 14.2. The first-order valence-corrected chi connectivity index (χ1v) is 9.93. The lowest BCUT2D eigenvalue weighted by Crippen LogP contribution is -2.42. The van der Waals surface area contributed by atoms with Crippen molar-refractivity contribution in [2.75, 3.05) is 25.0 Å². The first-order valence-electron chi connectivity index (χ1n) is 8.11. The van der Waals surface area contributed by atoms with Crippen molar-refractivity contribution in [3.8, 4) is 0 Å². The van der Waals surface area contributed by atoms with Crippen LogP contribution in [0.2, 0.25) is 5.02 Å². The number of hydrogen-bond acceptors (Lipinski definition) is 4. The summed E-state index contributed by atoms with van der Waals surface area (Å²) in [6.07, 6.45) is -0.338.